The Morgan fingerprint density at radius 2 is 2.05 bits per heavy atom. The normalized spacial score (nSPS) is 24.9. The molecule has 5 heteroatoms. The molecule has 0 heterocycles. The van der Waals surface area contributed by atoms with Crippen LogP contribution in [0.5, 0.6) is 11.5 Å². The van der Waals surface area contributed by atoms with Crippen molar-refractivity contribution in [1.82, 2.24) is 0 Å². The van der Waals surface area contributed by atoms with Crippen LogP contribution in [-0.2, 0) is 14.9 Å². The van der Waals surface area contributed by atoms with Crippen LogP contribution in [0.3, 0.4) is 0 Å². The van der Waals surface area contributed by atoms with Gasteiger partial charge in [-0.1, -0.05) is 6.07 Å². The average Bonchev–Trinajstić information content (AvgIpc) is 2.54. The van der Waals surface area contributed by atoms with Gasteiger partial charge in [0.25, 0.3) is 0 Å². The van der Waals surface area contributed by atoms with Gasteiger partial charge in [-0.3, -0.25) is 4.79 Å². The summed E-state index contributed by atoms with van der Waals surface area (Å²) in [7, 11) is 2.87. The molecule has 1 aromatic rings. The van der Waals surface area contributed by atoms with Crippen molar-refractivity contribution in [1.29, 1.82) is 5.26 Å². The Balaban J connectivity index is 2.23. The molecule has 0 saturated heterocycles. The number of carbonyl (C=O) groups is 1. The van der Waals surface area contributed by atoms with Crippen molar-refractivity contribution in [2.75, 3.05) is 14.2 Å². The van der Waals surface area contributed by atoms with Crippen LogP contribution in [0.15, 0.2) is 18.2 Å². The van der Waals surface area contributed by atoms with Crippen LogP contribution in [0, 0.1) is 17.2 Å². The fraction of sp³-hybridized carbons (Fsp3) is 0.500. The summed E-state index contributed by atoms with van der Waals surface area (Å²) < 4.78 is 9.79. The first-order valence-corrected chi connectivity index (χ1v) is 6.93. The Kier molecular flexibility index (Phi) is 4.37. The molecule has 1 fully saturated rings. The largest absolute Gasteiger partial charge is 0.504 e. The van der Waals surface area contributed by atoms with Crippen molar-refractivity contribution in [2.45, 2.75) is 31.1 Å². The molecule has 0 bridgehead atoms. The number of methoxy groups -OCH3 is 2. The first kappa shape index (κ1) is 15.2. The molecular formula is C16H19NO4. The van der Waals surface area contributed by atoms with Crippen molar-refractivity contribution in [3.63, 3.8) is 0 Å². The first-order chi connectivity index (χ1) is 10.1. The fourth-order valence-corrected chi connectivity index (χ4v) is 2.97. The third-order valence-electron chi connectivity index (χ3n) is 4.32. The molecule has 5 nitrogen and oxygen atoms in total. The Labute approximate surface area is 124 Å². The number of nitrogens with zero attached hydrogens (tertiary/aromatic N) is 1. The quantitative estimate of drug-likeness (QED) is 0.865. The zero-order valence-electron chi connectivity index (χ0n) is 12.3. The number of rotatable bonds is 3. The van der Waals surface area contributed by atoms with Crippen LogP contribution in [0.25, 0.3) is 0 Å². The van der Waals surface area contributed by atoms with Gasteiger partial charge in [-0.15, -0.1) is 0 Å². The number of phenolic OH excluding ortho intramolecular Hbond substituents is 1. The summed E-state index contributed by atoms with van der Waals surface area (Å²) in [5.41, 5.74) is 0.112. The molecule has 0 unspecified atom stereocenters. The lowest BCUT2D eigenvalue weighted by atomic mass is 9.67. The second-order valence-corrected chi connectivity index (χ2v) is 5.38. The Hall–Kier alpha value is -2.22. The SMILES string of the molecule is COC(=O)C1CCC(C#N)(c2ccc(OC)c(O)c2)CC1. The zero-order chi connectivity index (χ0) is 15.5. The number of hydrogen-bond donors (Lipinski definition) is 1. The Morgan fingerprint density at radius 1 is 1.38 bits per heavy atom. The molecule has 21 heavy (non-hydrogen) atoms. The van der Waals surface area contributed by atoms with Crippen LogP contribution in [0.2, 0.25) is 0 Å². The summed E-state index contributed by atoms with van der Waals surface area (Å²) in [6.07, 6.45) is 2.39. The lowest BCUT2D eigenvalue weighted by Gasteiger charge is -2.34. The molecule has 0 aromatic heterocycles. The van der Waals surface area contributed by atoms with Gasteiger partial charge in [-0.05, 0) is 43.4 Å². The van der Waals surface area contributed by atoms with Crippen molar-refractivity contribution in [3.8, 4) is 17.6 Å². The highest BCUT2D eigenvalue weighted by molar-refractivity contribution is 5.72. The zero-order valence-corrected chi connectivity index (χ0v) is 12.3. The van der Waals surface area contributed by atoms with Crippen LogP contribution in [0.1, 0.15) is 31.2 Å². The van der Waals surface area contributed by atoms with E-state index in [2.05, 4.69) is 6.07 Å². The highest BCUT2D eigenvalue weighted by Gasteiger charge is 2.39. The summed E-state index contributed by atoms with van der Waals surface area (Å²) >= 11 is 0. The van der Waals surface area contributed by atoms with E-state index in [1.54, 1.807) is 18.2 Å². The van der Waals surface area contributed by atoms with Crippen molar-refractivity contribution >= 4 is 5.97 Å². The van der Waals surface area contributed by atoms with Gasteiger partial charge >= 0.3 is 5.97 Å². The lowest BCUT2D eigenvalue weighted by molar-refractivity contribution is -0.146. The Morgan fingerprint density at radius 3 is 2.52 bits per heavy atom. The molecular weight excluding hydrogens is 270 g/mol. The van der Waals surface area contributed by atoms with Crippen molar-refractivity contribution in [3.05, 3.63) is 23.8 Å². The van der Waals surface area contributed by atoms with Crippen LogP contribution in [-0.4, -0.2) is 25.3 Å². The third kappa shape index (κ3) is 2.80. The van der Waals surface area contributed by atoms with Crippen LogP contribution >= 0.6 is 0 Å². The number of aromatic hydroxyl groups is 1. The van der Waals surface area contributed by atoms with Gasteiger partial charge in [0.1, 0.15) is 0 Å². The molecule has 1 aliphatic rings. The van der Waals surface area contributed by atoms with Gasteiger partial charge in [0.2, 0.25) is 0 Å². The second kappa shape index (κ2) is 6.04. The van der Waals surface area contributed by atoms with Gasteiger partial charge in [0.05, 0.1) is 31.6 Å². The molecule has 2 rings (SSSR count). The third-order valence-corrected chi connectivity index (χ3v) is 4.32. The lowest BCUT2D eigenvalue weighted by Crippen LogP contribution is -2.33. The van der Waals surface area contributed by atoms with E-state index in [1.165, 1.54) is 14.2 Å². The predicted molar refractivity (Wildman–Crippen MR) is 75.9 cm³/mol. The van der Waals surface area contributed by atoms with Gasteiger partial charge < -0.3 is 14.6 Å². The maximum atomic E-state index is 11.6. The maximum Gasteiger partial charge on any atom is 0.308 e. The topological polar surface area (TPSA) is 79.6 Å². The summed E-state index contributed by atoms with van der Waals surface area (Å²) in [6, 6.07) is 7.42. The summed E-state index contributed by atoms with van der Waals surface area (Å²) in [6.45, 7) is 0. The summed E-state index contributed by atoms with van der Waals surface area (Å²) in [5, 5.41) is 19.5. The number of esters is 1. The molecule has 0 aliphatic heterocycles. The highest BCUT2D eigenvalue weighted by Crippen LogP contribution is 2.43. The van der Waals surface area contributed by atoms with E-state index in [9.17, 15) is 15.2 Å². The number of ether oxygens (including phenoxy) is 2. The van der Waals surface area contributed by atoms with Gasteiger partial charge in [0.15, 0.2) is 11.5 Å². The van der Waals surface area contributed by atoms with Crippen molar-refractivity contribution in [2.24, 2.45) is 5.92 Å². The predicted octanol–water partition coefficient (Wildman–Crippen LogP) is 2.53. The molecule has 0 spiro atoms. The monoisotopic (exact) mass is 289 g/mol. The number of carbonyl (C=O) groups excluding carboxylic acids is 1. The number of benzene rings is 1. The van der Waals surface area contributed by atoms with Gasteiger partial charge in [0, 0.05) is 0 Å². The van der Waals surface area contributed by atoms with Crippen molar-refractivity contribution < 1.29 is 19.4 Å². The molecule has 0 amide bonds. The molecule has 1 aromatic carbocycles. The van der Waals surface area contributed by atoms with E-state index in [0.29, 0.717) is 31.4 Å². The molecule has 1 saturated carbocycles. The smallest absolute Gasteiger partial charge is 0.308 e. The molecule has 1 aliphatic carbocycles. The summed E-state index contributed by atoms with van der Waals surface area (Å²) in [5.74, 6) is 0.0669. The van der Waals surface area contributed by atoms with E-state index in [-0.39, 0.29) is 17.6 Å². The molecule has 112 valence electrons. The minimum absolute atomic E-state index is 0.0275. The molecule has 0 atom stereocenters. The van der Waals surface area contributed by atoms with Gasteiger partial charge in [-0.25, -0.2) is 0 Å². The van der Waals surface area contributed by atoms with E-state index in [1.807, 2.05) is 0 Å². The highest BCUT2D eigenvalue weighted by atomic mass is 16.5. The molecule has 1 N–H and O–H groups in total. The number of nitriles is 1. The minimum atomic E-state index is -0.658. The average molecular weight is 289 g/mol. The van der Waals surface area contributed by atoms with Crippen LogP contribution < -0.4 is 4.74 Å². The standard InChI is InChI=1S/C16H19NO4/c1-20-14-4-3-12(9-13(14)18)16(10-17)7-5-11(6-8-16)15(19)21-2/h3-4,9,11,18H,5-8H2,1-2H3. The fourth-order valence-electron chi connectivity index (χ4n) is 2.97. The summed E-state index contributed by atoms with van der Waals surface area (Å²) in [4.78, 5) is 11.6. The van der Waals surface area contributed by atoms with E-state index in [4.69, 9.17) is 9.47 Å². The van der Waals surface area contributed by atoms with E-state index >= 15 is 0 Å². The number of phenols is 1. The minimum Gasteiger partial charge on any atom is -0.504 e. The van der Waals surface area contributed by atoms with Gasteiger partial charge in [-0.2, -0.15) is 5.26 Å². The first-order valence-electron chi connectivity index (χ1n) is 6.93. The van der Waals surface area contributed by atoms with E-state index in [0.717, 1.165) is 5.56 Å². The maximum absolute atomic E-state index is 11.6. The van der Waals surface area contributed by atoms with Crippen LogP contribution in [0.4, 0.5) is 0 Å². The second-order valence-electron chi connectivity index (χ2n) is 5.38. The molecule has 0 radical (unpaired) electrons. The number of hydrogen-bond acceptors (Lipinski definition) is 5. The Bertz CT molecular complexity index is 568. The van der Waals surface area contributed by atoms with E-state index < -0.39 is 5.41 Å².